The van der Waals surface area contributed by atoms with E-state index >= 15 is 0 Å². The smallest absolute Gasteiger partial charge is 0.307 e. The maximum absolute atomic E-state index is 12.5. The van der Waals surface area contributed by atoms with Gasteiger partial charge in [0.2, 0.25) is 0 Å². The molecule has 4 heterocycles. The van der Waals surface area contributed by atoms with Crippen molar-refractivity contribution in [3.63, 3.8) is 0 Å². The molecular formula is C17H14N6OS2. The van der Waals surface area contributed by atoms with Crippen LogP contribution in [-0.2, 0) is 5.66 Å². The van der Waals surface area contributed by atoms with Crippen LogP contribution >= 0.6 is 23.1 Å². The monoisotopic (exact) mass is 382 g/mol. The Morgan fingerprint density at radius 1 is 1.19 bits per heavy atom. The molecule has 1 aliphatic rings. The first-order valence-electron chi connectivity index (χ1n) is 7.77. The number of nitrogens with one attached hydrogen (secondary N) is 2. The van der Waals surface area contributed by atoms with Crippen LogP contribution in [-0.4, -0.2) is 32.3 Å². The second-order valence-corrected chi connectivity index (χ2v) is 7.17. The van der Waals surface area contributed by atoms with E-state index in [9.17, 15) is 4.79 Å². The lowest BCUT2D eigenvalue weighted by atomic mass is 10.1. The van der Waals surface area contributed by atoms with Gasteiger partial charge in [-0.2, -0.15) is 0 Å². The molecule has 9 heteroatoms. The van der Waals surface area contributed by atoms with Crippen molar-refractivity contribution < 1.29 is 4.79 Å². The van der Waals surface area contributed by atoms with Crippen LogP contribution < -0.4 is 10.6 Å². The van der Waals surface area contributed by atoms with E-state index in [1.165, 1.54) is 23.1 Å². The number of urea groups is 1. The van der Waals surface area contributed by atoms with Gasteiger partial charge in [-0.3, -0.25) is 20.3 Å². The van der Waals surface area contributed by atoms with E-state index in [1.807, 2.05) is 35.7 Å². The van der Waals surface area contributed by atoms with Crippen molar-refractivity contribution >= 4 is 39.8 Å². The third-order valence-corrected chi connectivity index (χ3v) is 5.33. The van der Waals surface area contributed by atoms with E-state index in [-0.39, 0.29) is 6.03 Å². The average Bonchev–Trinajstić information content (AvgIpc) is 3.34. The molecule has 1 atom stereocenters. The van der Waals surface area contributed by atoms with Crippen LogP contribution in [0, 0.1) is 0 Å². The van der Waals surface area contributed by atoms with Gasteiger partial charge in [0.05, 0.1) is 16.9 Å². The molecule has 0 saturated heterocycles. The maximum atomic E-state index is 12.5. The summed E-state index contributed by atoms with van der Waals surface area (Å²) in [7, 11) is 0. The largest absolute Gasteiger partial charge is 0.323 e. The van der Waals surface area contributed by atoms with E-state index in [0.29, 0.717) is 16.6 Å². The highest BCUT2D eigenvalue weighted by atomic mass is 32.2. The molecule has 4 rings (SSSR count). The van der Waals surface area contributed by atoms with Crippen LogP contribution in [0.15, 0.2) is 59.3 Å². The minimum Gasteiger partial charge on any atom is -0.307 e. The number of hydrogen-bond donors (Lipinski definition) is 2. The summed E-state index contributed by atoms with van der Waals surface area (Å²) >= 11 is 2.89. The SMILES string of the molecule is O=C(Nc1nc(-c2cccnc2)cs1)NC1(c2ccccn2)CSC=N1. The summed E-state index contributed by atoms with van der Waals surface area (Å²) in [5.41, 5.74) is 3.25. The first-order chi connectivity index (χ1) is 12.8. The van der Waals surface area contributed by atoms with Crippen LogP contribution in [0.4, 0.5) is 9.93 Å². The number of rotatable bonds is 4. The van der Waals surface area contributed by atoms with Gasteiger partial charge in [0.15, 0.2) is 10.8 Å². The Morgan fingerprint density at radius 2 is 2.15 bits per heavy atom. The number of hydrogen-bond acceptors (Lipinski definition) is 7. The normalized spacial score (nSPS) is 18.6. The Morgan fingerprint density at radius 3 is 2.88 bits per heavy atom. The topological polar surface area (TPSA) is 92.2 Å². The molecule has 0 bridgehead atoms. The first-order valence-corrected chi connectivity index (χ1v) is 9.70. The predicted molar refractivity (Wildman–Crippen MR) is 104 cm³/mol. The van der Waals surface area contributed by atoms with Gasteiger partial charge in [-0.25, -0.2) is 9.78 Å². The Kier molecular flexibility index (Phi) is 4.63. The lowest BCUT2D eigenvalue weighted by molar-refractivity contribution is 0.241. The van der Waals surface area contributed by atoms with Crippen LogP contribution in [0.3, 0.4) is 0 Å². The summed E-state index contributed by atoms with van der Waals surface area (Å²) in [4.78, 5) is 29.8. The van der Waals surface area contributed by atoms with Crippen LogP contribution in [0.1, 0.15) is 5.69 Å². The third-order valence-electron chi connectivity index (χ3n) is 3.73. The van der Waals surface area contributed by atoms with Gasteiger partial charge in [0, 0.05) is 35.3 Å². The molecule has 3 aromatic rings. The van der Waals surface area contributed by atoms with Gasteiger partial charge in [-0.05, 0) is 24.3 Å². The molecule has 0 aliphatic carbocycles. The molecule has 26 heavy (non-hydrogen) atoms. The Bertz CT molecular complexity index is 931. The summed E-state index contributed by atoms with van der Waals surface area (Å²) < 4.78 is 0. The lowest BCUT2D eigenvalue weighted by Gasteiger charge is -2.26. The van der Waals surface area contributed by atoms with E-state index < -0.39 is 5.66 Å². The van der Waals surface area contributed by atoms with Gasteiger partial charge >= 0.3 is 6.03 Å². The summed E-state index contributed by atoms with van der Waals surface area (Å²) in [6.45, 7) is 0. The fourth-order valence-corrected chi connectivity index (χ4v) is 4.08. The van der Waals surface area contributed by atoms with Crippen molar-refractivity contribution in [3.05, 3.63) is 60.0 Å². The van der Waals surface area contributed by atoms with E-state index in [2.05, 4.69) is 30.6 Å². The van der Waals surface area contributed by atoms with Gasteiger partial charge < -0.3 is 5.32 Å². The highest BCUT2D eigenvalue weighted by molar-refractivity contribution is 8.12. The predicted octanol–water partition coefficient (Wildman–Crippen LogP) is 3.35. The Balaban J connectivity index is 1.49. The molecule has 1 unspecified atom stereocenters. The fraction of sp³-hybridized carbons (Fsp3) is 0.118. The molecule has 2 N–H and O–H groups in total. The Hall–Kier alpha value is -2.78. The Labute approximate surface area is 158 Å². The van der Waals surface area contributed by atoms with Crippen LogP contribution in [0.5, 0.6) is 0 Å². The summed E-state index contributed by atoms with van der Waals surface area (Å²) in [5.74, 6) is 0.593. The van der Waals surface area contributed by atoms with Crippen molar-refractivity contribution in [2.75, 3.05) is 11.1 Å². The van der Waals surface area contributed by atoms with Crippen molar-refractivity contribution in [2.45, 2.75) is 5.66 Å². The van der Waals surface area contributed by atoms with Crippen molar-refractivity contribution in [2.24, 2.45) is 4.99 Å². The third kappa shape index (κ3) is 3.44. The molecule has 2 amide bonds. The molecule has 7 nitrogen and oxygen atoms in total. The number of carbonyl (C=O) groups excluding carboxylic acids is 1. The maximum Gasteiger partial charge on any atom is 0.323 e. The van der Waals surface area contributed by atoms with E-state index in [1.54, 1.807) is 24.1 Å². The fourth-order valence-electron chi connectivity index (χ4n) is 2.50. The van der Waals surface area contributed by atoms with Gasteiger partial charge in [-0.15, -0.1) is 23.1 Å². The standard InChI is InChI=1S/C17H14N6OS2/c24-15(22-16-21-13(9-26-16)12-4-3-6-18-8-12)23-17(10-25-11-20-17)14-5-1-2-7-19-14/h1-9,11H,10H2,(H2,21,22,23,24). The average molecular weight is 382 g/mol. The second-order valence-electron chi connectivity index (χ2n) is 5.48. The number of aromatic nitrogens is 3. The molecule has 0 fully saturated rings. The lowest BCUT2D eigenvalue weighted by Crippen LogP contribution is -2.47. The number of thioether (sulfide) groups is 1. The molecular weight excluding hydrogens is 368 g/mol. The summed E-state index contributed by atoms with van der Waals surface area (Å²) in [6.07, 6.45) is 5.13. The van der Waals surface area contributed by atoms with Crippen LogP contribution in [0.2, 0.25) is 0 Å². The number of amides is 2. The van der Waals surface area contributed by atoms with Gasteiger partial charge in [0.25, 0.3) is 0 Å². The highest BCUT2D eigenvalue weighted by Crippen LogP contribution is 2.31. The van der Waals surface area contributed by atoms with Crippen LogP contribution in [0.25, 0.3) is 11.3 Å². The number of aliphatic imine (C=N–C) groups is 1. The molecule has 0 aromatic carbocycles. The van der Waals surface area contributed by atoms with E-state index in [0.717, 1.165) is 11.3 Å². The molecule has 0 radical (unpaired) electrons. The number of carbonyl (C=O) groups is 1. The minimum absolute atomic E-state index is 0.373. The van der Waals surface area contributed by atoms with Crippen molar-refractivity contribution in [3.8, 4) is 11.3 Å². The zero-order chi connectivity index (χ0) is 17.8. The zero-order valence-corrected chi connectivity index (χ0v) is 15.1. The zero-order valence-electron chi connectivity index (χ0n) is 13.5. The molecule has 130 valence electrons. The summed E-state index contributed by atoms with van der Waals surface area (Å²) in [6, 6.07) is 8.96. The molecule has 3 aromatic heterocycles. The number of thiazole rings is 1. The first kappa shape index (κ1) is 16.7. The minimum atomic E-state index is -0.862. The number of pyridine rings is 2. The molecule has 0 saturated carbocycles. The molecule has 1 aliphatic heterocycles. The van der Waals surface area contributed by atoms with Crippen molar-refractivity contribution in [1.29, 1.82) is 0 Å². The second kappa shape index (κ2) is 7.22. The number of nitrogens with zero attached hydrogens (tertiary/aromatic N) is 4. The van der Waals surface area contributed by atoms with Crippen molar-refractivity contribution in [1.82, 2.24) is 20.3 Å². The quantitative estimate of drug-likeness (QED) is 0.722. The molecule has 0 spiro atoms. The number of anilines is 1. The van der Waals surface area contributed by atoms with Gasteiger partial charge in [0.1, 0.15) is 0 Å². The van der Waals surface area contributed by atoms with E-state index in [4.69, 9.17) is 0 Å². The van der Waals surface area contributed by atoms with Gasteiger partial charge in [-0.1, -0.05) is 6.07 Å². The summed E-state index contributed by atoms with van der Waals surface area (Å²) in [5, 5.41) is 8.10. The highest BCUT2D eigenvalue weighted by Gasteiger charge is 2.37.